The van der Waals surface area contributed by atoms with Crippen LogP contribution in [0.5, 0.6) is 0 Å². The zero-order valence-electron chi connectivity index (χ0n) is 12.1. The Balaban J connectivity index is 1.78. The van der Waals surface area contributed by atoms with Crippen LogP contribution in [0.3, 0.4) is 0 Å². The monoisotopic (exact) mass is 278 g/mol. The number of nitrogens with zero attached hydrogens (tertiary/aromatic N) is 1. The van der Waals surface area contributed by atoms with Crippen molar-refractivity contribution in [1.29, 1.82) is 0 Å². The number of hydrogen-bond acceptors (Lipinski definition) is 3. The average molecular weight is 278 g/mol. The topological polar surface area (TPSA) is 62.6 Å². The van der Waals surface area contributed by atoms with Crippen LogP contribution in [0.2, 0.25) is 0 Å². The van der Waals surface area contributed by atoms with Gasteiger partial charge in [0.15, 0.2) is 0 Å². The standard InChI is InChI=1S/C15H22N2O3/c1-11(2)9-14(18)16-13-3-6-17(7-4-13)15(19)12-5-8-20-10-12/h5,8,10-11,13H,3-4,6-7,9H2,1-2H3,(H,16,18). The summed E-state index contributed by atoms with van der Waals surface area (Å²) in [6, 6.07) is 1.87. The van der Waals surface area contributed by atoms with Crippen LogP contribution in [0.15, 0.2) is 23.0 Å². The van der Waals surface area contributed by atoms with Crippen LogP contribution in [-0.2, 0) is 4.79 Å². The van der Waals surface area contributed by atoms with Crippen LogP contribution in [-0.4, -0.2) is 35.8 Å². The van der Waals surface area contributed by atoms with Gasteiger partial charge in [0.2, 0.25) is 5.91 Å². The molecule has 5 heteroatoms. The molecule has 0 aliphatic carbocycles. The van der Waals surface area contributed by atoms with Gasteiger partial charge in [-0.25, -0.2) is 0 Å². The zero-order chi connectivity index (χ0) is 14.5. The van der Waals surface area contributed by atoms with Crippen molar-refractivity contribution < 1.29 is 14.0 Å². The first kappa shape index (κ1) is 14.6. The van der Waals surface area contributed by atoms with Crippen LogP contribution in [0.4, 0.5) is 0 Å². The summed E-state index contributed by atoms with van der Waals surface area (Å²) in [6.07, 6.45) is 5.17. The zero-order valence-corrected chi connectivity index (χ0v) is 12.1. The molecule has 0 aromatic carbocycles. The van der Waals surface area contributed by atoms with Gasteiger partial charge < -0.3 is 14.6 Å². The molecule has 0 saturated carbocycles. The van der Waals surface area contributed by atoms with E-state index in [9.17, 15) is 9.59 Å². The first-order valence-electron chi connectivity index (χ1n) is 7.17. The molecular formula is C15H22N2O3. The first-order chi connectivity index (χ1) is 9.56. The van der Waals surface area contributed by atoms with Gasteiger partial charge in [-0.2, -0.15) is 0 Å². The van der Waals surface area contributed by atoms with Gasteiger partial charge in [-0.15, -0.1) is 0 Å². The minimum atomic E-state index is 0.00528. The predicted molar refractivity (Wildman–Crippen MR) is 75.2 cm³/mol. The van der Waals surface area contributed by atoms with E-state index in [2.05, 4.69) is 5.32 Å². The molecule has 0 radical (unpaired) electrons. The summed E-state index contributed by atoms with van der Waals surface area (Å²) in [5, 5.41) is 3.05. The number of amides is 2. The van der Waals surface area contributed by atoms with Gasteiger partial charge >= 0.3 is 0 Å². The molecule has 2 amide bonds. The molecule has 0 spiro atoms. The van der Waals surface area contributed by atoms with E-state index >= 15 is 0 Å². The number of likely N-dealkylation sites (tertiary alicyclic amines) is 1. The molecule has 1 N–H and O–H groups in total. The highest BCUT2D eigenvalue weighted by atomic mass is 16.3. The lowest BCUT2D eigenvalue weighted by Gasteiger charge is -2.32. The van der Waals surface area contributed by atoms with Gasteiger partial charge in [0.25, 0.3) is 5.91 Å². The molecule has 0 unspecified atom stereocenters. The molecule has 1 aromatic rings. The number of piperidine rings is 1. The van der Waals surface area contributed by atoms with Gasteiger partial charge in [-0.05, 0) is 24.8 Å². The van der Waals surface area contributed by atoms with Crippen molar-refractivity contribution in [2.45, 2.75) is 39.2 Å². The van der Waals surface area contributed by atoms with Crippen LogP contribution < -0.4 is 5.32 Å². The first-order valence-corrected chi connectivity index (χ1v) is 7.17. The van der Waals surface area contributed by atoms with Gasteiger partial charge in [0, 0.05) is 25.6 Å². The Kier molecular flexibility index (Phi) is 4.82. The third-order valence-corrected chi connectivity index (χ3v) is 3.51. The molecule has 1 aliphatic heterocycles. The van der Waals surface area contributed by atoms with E-state index in [1.165, 1.54) is 12.5 Å². The largest absolute Gasteiger partial charge is 0.472 e. The second-order valence-corrected chi connectivity index (χ2v) is 5.74. The van der Waals surface area contributed by atoms with Crippen molar-refractivity contribution in [3.05, 3.63) is 24.2 Å². The van der Waals surface area contributed by atoms with Crippen LogP contribution >= 0.6 is 0 Å². The fraction of sp³-hybridized carbons (Fsp3) is 0.600. The molecule has 1 saturated heterocycles. The summed E-state index contributed by atoms with van der Waals surface area (Å²) in [5.74, 6) is 0.489. The van der Waals surface area contributed by atoms with E-state index in [0.29, 0.717) is 31.0 Å². The summed E-state index contributed by atoms with van der Waals surface area (Å²) in [7, 11) is 0. The van der Waals surface area contributed by atoms with E-state index < -0.39 is 0 Å². The highest BCUT2D eigenvalue weighted by Crippen LogP contribution is 2.14. The SMILES string of the molecule is CC(C)CC(=O)NC1CCN(C(=O)c2ccoc2)CC1. The third-order valence-electron chi connectivity index (χ3n) is 3.51. The van der Waals surface area contributed by atoms with Crippen molar-refractivity contribution in [1.82, 2.24) is 10.2 Å². The maximum Gasteiger partial charge on any atom is 0.257 e. The fourth-order valence-electron chi connectivity index (χ4n) is 2.45. The summed E-state index contributed by atoms with van der Waals surface area (Å²) < 4.78 is 4.93. The highest BCUT2D eigenvalue weighted by Gasteiger charge is 2.25. The van der Waals surface area contributed by atoms with E-state index in [-0.39, 0.29) is 17.9 Å². The van der Waals surface area contributed by atoms with E-state index in [0.717, 1.165) is 12.8 Å². The normalized spacial score (nSPS) is 16.4. The number of nitrogens with one attached hydrogen (secondary N) is 1. The second-order valence-electron chi connectivity index (χ2n) is 5.74. The number of carbonyl (C=O) groups is 2. The van der Waals surface area contributed by atoms with Gasteiger partial charge in [-0.3, -0.25) is 9.59 Å². The smallest absolute Gasteiger partial charge is 0.257 e. The molecule has 1 fully saturated rings. The molecule has 0 atom stereocenters. The lowest BCUT2D eigenvalue weighted by Crippen LogP contribution is -2.46. The van der Waals surface area contributed by atoms with Gasteiger partial charge in [0.05, 0.1) is 11.8 Å². The number of hydrogen-bond donors (Lipinski definition) is 1. The summed E-state index contributed by atoms with van der Waals surface area (Å²) in [5.41, 5.74) is 0.590. The highest BCUT2D eigenvalue weighted by molar-refractivity contribution is 5.93. The van der Waals surface area contributed by atoms with Crippen molar-refractivity contribution >= 4 is 11.8 Å². The Labute approximate surface area is 119 Å². The van der Waals surface area contributed by atoms with E-state index in [1.54, 1.807) is 6.07 Å². The Hall–Kier alpha value is -1.78. The van der Waals surface area contributed by atoms with Crippen LogP contribution in [0.1, 0.15) is 43.5 Å². The third kappa shape index (κ3) is 3.85. The molecule has 110 valence electrons. The molecular weight excluding hydrogens is 256 g/mol. The molecule has 20 heavy (non-hydrogen) atoms. The lowest BCUT2D eigenvalue weighted by atomic mass is 10.0. The molecule has 2 rings (SSSR count). The Bertz CT molecular complexity index is 446. The maximum atomic E-state index is 12.1. The molecule has 0 bridgehead atoms. The van der Waals surface area contributed by atoms with Crippen LogP contribution in [0.25, 0.3) is 0 Å². The lowest BCUT2D eigenvalue weighted by molar-refractivity contribution is -0.122. The van der Waals surface area contributed by atoms with Crippen molar-refractivity contribution in [2.75, 3.05) is 13.1 Å². The number of carbonyl (C=O) groups excluding carboxylic acids is 2. The Morgan fingerprint density at radius 2 is 2.10 bits per heavy atom. The Morgan fingerprint density at radius 1 is 1.40 bits per heavy atom. The van der Waals surface area contributed by atoms with E-state index in [1.807, 2.05) is 18.7 Å². The number of furan rings is 1. The quantitative estimate of drug-likeness (QED) is 0.916. The summed E-state index contributed by atoms with van der Waals surface area (Å²) in [6.45, 7) is 5.42. The van der Waals surface area contributed by atoms with Crippen molar-refractivity contribution in [3.8, 4) is 0 Å². The predicted octanol–water partition coefficient (Wildman–Crippen LogP) is 2.05. The second kappa shape index (κ2) is 6.59. The van der Waals surface area contributed by atoms with Crippen LogP contribution in [0, 0.1) is 5.92 Å². The summed E-state index contributed by atoms with van der Waals surface area (Å²) >= 11 is 0. The van der Waals surface area contributed by atoms with Crippen molar-refractivity contribution in [3.63, 3.8) is 0 Å². The molecule has 2 heterocycles. The molecule has 1 aliphatic rings. The molecule has 5 nitrogen and oxygen atoms in total. The molecule has 1 aromatic heterocycles. The number of rotatable bonds is 4. The van der Waals surface area contributed by atoms with E-state index in [4.69, 9.17) is 4.42 Å². The summed E-state index contributed by atoms with van der Waals surface area (Å²) in [4.78, 5) is 25.6. The van der Waals surface area contributed by atoms with Gasteiger partial charge in [0.1, 0.15) is 6.26 Å². The minimum Gasteiger partial charge on any atom is -0.472 e. The Morgan fingerprint density at radius 3 is 2.65 bits per heavy atom. The van der Waals surface area contributed by atoms with Gasteiger partial charge in [-0.1, -0.05) is 13.8 Å². The minimum absolute atomic E-state index is 0.00528. The van der Waals surface area contributed by atoms with Crippen molar-refractivity contribution in [2.24, 2.45) is 5.92 Å². The average Bonchev–Trinajstić information content (AvgIpc) is 2.91. The maximum absolute atomic E-state index is 12.1. The fourth-order valence-corrected chi connectivity index (χ4v) is 2.45.